The van der Waals surface area contributed by atoms with E-state index >= 15 is 0 Å². The van der Waals surface area contributed by atoms with Crippen LogP contribution in [0.3, 0.4) is 0 Å². The van der Waals surface area contributed by atoms with Crippen LogP contribution in [-0.2, 0) is 6.61 Å². The highest BCUT2D eigenvalue weighted by atomic mass is 32.1. The Labute approximate surface area is 102 Å². The van der Waals surface area contributed by atoms with Crippen LogP contribution in [0.15, 0.2) is 24.4 Å². The minimum Gasteiger partial charge on any atom is -0.488 e. The Kier molecular flexibility index (Phi) is 2.49. The molecule has 0 saturated carbocycles. The van der Waals surface area contributed by atoms with E-state index < -0.39 is 0 Å². The van der Waals surface area contributed by atoms with Crippen molar-refractivity contribution in [1.29, 1.82) is 0 Å². The monoisotopic (exact) mass is 250 g/mol. The van der Waals surface area contributed by atoms with Gasteiger partial charge in [0.25, 0.3) is 0 Å². The zero-order valence-corrected chi connectivity index (χ0v) is 9.70. The highest BCUT2D eigenvalue weighted by Crippen LogP contribution is 2.35. The zero-order chi connectivity index (χ0) is 11.7. The van der Waals surface area contributed by atoms with Gasteiger partial charge in [-0.25, -0.2) is 4.98 Å². The van der Waals surface area contributed by atoms with E-state index in [1.165, 1.54) is 11.3 Å². The molecule has 2 aromatic rings. The summed E-state index contributed by atoms with van der Waals surface area (Å²) in [5, 5.41) is 0.550. The smallest absolute Gasteiger partial charge is 0.231 e. The Bertz CT molecular complexity index is 541. The van der Waals surface area contributed by atoms with Crippen LogP contribution >= 0.6 is 11.3 Å². The number of thiazole rings is 1. The number of rotatable bonds is 3. The summed E-state index contributed by atoms with van der Waals surface area (Å²) in [4.78, 5) is 4.94. The summed E-state index contributed by atoms with van der Waals surface area (Å²) in [5.41, 5.74) is 5.54. The molecule has 0 fully saturated rings. The van der Waals surface area contributed by atoms with Crippen LogP contribution in [0.5, 0.6) is 17.2 Å². The van der Waals surface area contributed by atoms with Gasteiger partial charge >= 0.3 is 0 Å². The first kappa shape index (κ1) is 10.2. The van der Waals surface area contributed by atoms with Crippen LogP contribution < -0.4 is 19.9 Å². The predicted octanol–water partition coefficient (Wildman–Crippen LogP) is 2.03. The number of nitrogens with two attached hydrogens (primary N) is 1. The molecule has 6 heteroatoms. The van der Waals surface area contributed by atoms with Crippen molar-refractivity contribution in [2.45, 2.75) is 6.61 Å². The van der Waals surface area contributed by atoms with Gasteiger partial charge in [0.2, 0.25) is 6.79 Å². The molecule has 88 valence electrons. The molecule has 0 amide bonds. The van der Waals surface area contributed by atoms with Gasteiger partial charge in [0.05, 0.1) is 4.88 Å². The lowest BCUT2D eigenvalue weighted by molar-refractivity contribution is 0.173. The van der Waals surface area contributed by atoms with Crippen molar-refractivity contribution < 1.29 is 14.2 Å². The van der Waals surface area contributed by atoms with Crippen LogP contribution in [0.1, 0.15) is 4.88 Å². The summed E-state index contributed by atoms with van der Waals surface area (Å²) in [5.74, 6) is 2.20. The largest absolute Gasteiger partial charge is 0.488 e. The summed E-state index contributed by atoms with van der Waals surface area (Å²) in [6.45, 7) is 0.721. The van der Waals surface area contributed by atoms with Gasteiger partial charge in [0, 0.05) is 12.3 Å². The summed E-state index contributed by atoms with van der Waals surface area (Å²) < 4.78 is 16.1. The van der Waals surface area contributed by atoms with Crippen LogP contribution in [-0.4, -0.2) is 11.8 Å². The molecule has 0 unspecified atom stereocenters. The van der Waals surface area contributed by atoms with Crippen LogP contribution in [0.25, 0.3) is 0 Å². The van der Waals surface area contributed by atoms with Crippen molar-refractivity contribution in [3.8, 4) is 17.2 Å². The number of ether oxygens (including phenoxy) is 3. The molecule has 3 rings (SSSR count). The Balaban J connectivity index is 1.69. The molecule has 0 aliphatic carbocycles. The van der Waals surface area contributed by atoms with E-state index in [1.54, 1.807) is 6.20 Å². The van der Waals surface area contributed by atoms with Crippen LogP contribution in [0, 0.1) is 0 Å². The lowest BCUT2D eigenvalue weighted by Crippen LogP contribution is -1.93. The fourth-order valence-electron chi connectivity index (χ4n) is 1.51. The molecule has 1 aliphatic heterocycles. The highest BCUT2D eigenvalue weighted by molar-refractivity contribution is 7.15. The molecule has 5 nitrogen and oxygen atoms in total. The second-order valence-electron chi connectivity index (χ2n) is 3.47. The van der Waals surface area contributed by atoms with E-state index in [0.717, 1.165) is 16.4 Å². The third kappa shape index (κ3) is 2.12. The number of hydrogen-bond donors (Lipinski definition) is 1. The summed E-state index contributed by atoms with van der Waals surface area (Å²) in [6, 6.07) is 5.49. The summed E-state index contributed by atoms with van der Waals surface area (Å²) in [7, 11) is 0. The number of aromatic nitrogens is 1. The molecule has 0 bridgehead atoms. The van der Waals surface area contributed by atoms with Crippen molar-refractivity contribution in [3.05, 3.63) is 29.3 Å². The first-order chi connectivity index (χ1) is 8.31. The fourth-order valence-corrected chi connectivity index (χ4v) is 2.11. The third-order valence-electron chi connectivity index (χ3n) is 2.30. The van der Waals surface area contributed by atoms with Crippen LogP contribution in [0.4, 0.5) is 5.13 Å². The van der Waals surface area contributed by atoms with E-state index in [2.05, 4.69) is 4.98 Å². The summed E-state index contributed by atoms with van der Waals surface area (Å²) >= 11 is 1.42. The zero-order valence-electron chi connectivity index (χ0n) is 8.88. The van der Waals surface area contributed by atoms with E-state index in [1.807, 2.05) is 18.2 Å². The van der Waals surface area contributed by atoms with E-state index in [9.17, 15) is 0 Å². The molecule has 0 radical (unpaired) electrons. The number of hydrogen-bond acceptors (Lipinski definition) is 6. The van der Waals surface area contributed by atoms with Crippen molar-refractivity contribution in [3.63, 3.8) is 0 Å². The van der Waals surface area contributed by atoms with Gasteiger partial charge < -0.3 is 19.9 Å². The third-order valence-corrected chi connectivity index (χ3v) is 3.10. The first-order valence-corrected chi connectivity index (χ1v) is 5.85. The first-order valence-electron chi connectivity index (χ1n) is 5.04. The molecule has 2 N–H and O–H groups in total. The molecule has 1 aromatic heterocycles. The fraction of sp³-hybridized carbons (Fsp3) is 0.182. The van der Waals surface area contributed by atoms with Crippen molar-refractivity contribution in [2.75, 3.05) is 12.5 Å². The maximum Gasteiger partial charge on any atom is 0.231 e. The maximum atomic E-state index is 5.61. The highest BCUT2D eigenvalue weighted by Gasteiger charge is 2.13. The average molecular weight is 250 g/mol. The molecule has 0 spiro atoms. The van der Waals surface area contributed by atoms with Crippen molar-refractivity contribution in [1.82, 2.24) is 4.98 Å². The molecule has 17 heavy (non-hydrogen) atoms. The Hall–Kier alpha value is -1.95. The topological polar surface area (TPSA) is 66.6 Å². The second-order valence-corrected chi connectivity index (χ2v) is 4.62. The minimum absolute atomic E-state index is 0.268. The number of benzene rings is 1. The lowest BCUT2D eigenvalue weighted by Gasteiger charge is -2.04. The minimum atomic E-state index is 0.268. The van der Waals surface area contributed by atoms with Crippen molar-refractivity contribution in [2.24, 2.45) is 0 Å². The normalized spacial score (nSPS) is 12.7. The number of anilines is 1. The van der Waals surface area contributed by atoms with E-state index in [0.29, 0.717) is 17.5 Å². The molecule has 0 saturated heterocycles. The molecular formula is C11H10N2O3S. The molecule has 2 heterocycles. The average Bonchev–Trinajstić information content (AvgIpc) is 2.94. The lowest BCUT2D eigenvalue weighted by atomic mass is 10.3. The van der Waals surface area contributed by atoms with Gasteiger partial charge in [-0.3, -0.25) is 0 Å². The number of nitrogens with zero attached hydrogens (tertiary/aromatic N) is 1. The Morgan fingerprint density at radius 3 is 3.06 bits per heavy atom. The van der Waals surface area contributed by atoms with Gasteiger partial charge in [0.1, 0.15) is 12.4 Å². The molecule has 1 aromatic carbocycles. The molecule has 0 atom stereocenters. The van der Waals surface area contributed by atoms with Gasteiger partial charge in [0.15, 0.2) is 16.6 Å². The maximum absolute atomic E-state index is 5.61. The number of nitrogen functional groups attached to an aromatic ring is 1. The Morgan fingerprint density at radius 1 is 1.35 bits per heavy atom. The quantitative estimate of drug-likeness (QED) is 0.902. The Morgan fingerprint density at radius 2 is 2.24 bits per heavy atom. The SMILES string of the molecule is Nc1ncc(COc2ccc3c(c2)OCO3)s1. The standard InChI is InChI=1S/C11H10N2O3S/c12-11-13-4-8(17-11)5-14-7-1-2-9-10(3-7)16-6-15-9/h1-4H,5-6H2,(H2,12,13). The predicted molar refractivity (Wildman–Crippen MR) is 63.4 cm³/mol. The van der Waals surface area contributed by atoms with Crippen LogP contribution in [0.2, 0.25) is 0 Å². The van der Waals surface area contributed by atoms with Gasteiger partial charge in [-0.15, -0.1) is 0 Å². The second kappa shape index (κ2) is 4.14. The molecule has 1 aliphatic rings. The van der Waals surface area contributed by atoms with Gasteiger partial charge in [-0.05, 0) is 12.1 Å². The summed E-state index contributed by atoms with van der Waals surface area (Å²) in [6.07, 6.45) is 1.72. The van der Waals surface area contributed by atoms with E-state index in [4.69, 9.17) is 19.9 Å². The van der Waals surface area contributed by atoms with Crippen molar-refractivity contribution >= 4 is 16.5 Å². The number of fused-ring (bicyclic) bond motifs is 1. The van der Waals surface area contributed by atoms with Gasteiger partial charge in [-0.2, -0.15) is 0 Å². The van der Waals surface area contributed by atoms with Gasteiger partial charge in [-0.1, -0.05) is 11.3 Å². The molecular weight excluding hydrogens is 240 g/mol. The van der Waals surface area contributed by atoms with E-state index in [-0.39, 0.29) is 6.79 Å².